The maximum atomic E-state index is 13.2. The minimum Gasteiger partial charge on any atom is -0.341 e. The van der Waals surface area contributed by atoms with E-state index in [0.29, 0.717) is 54.9 Å². The van der Waals surface area contributed by atoms with Gasteiger partial charge in [0.2, 0.25) is 11.8 Å². The Morgan fingerprint density at radius 3 is 2.49 bits per heavy atom. The SMILES string of the molecule is CC1CCN(C(=O)Cn2c(=O)n(CCCCCC(=O)Nc3ccccc3)c(=O)c3sccc32)CC1. The number of carbonyl (C=O) groups is 2. The fourth-order valence-electron chi connectivity index (χ4n) is 4.45. The van der Waals surface area contributed by atoms with Crippen molar-refractivity contribution in [3.05, 3.63) is 62.6 Å². The summed E-state index contributed by atoms with van der Waals surface area (Å²) in [6, 6.07) is 11.0. The molecule has 8 nitrogen and oxygen atoms in total. The number of fused-ring (bicyclic) bond motifs is 1. The molecule has 1 aliphatic rings. The largest absolute Gasteiger partial charge is 0.341 e. The number of rotatable bonds is 9. The van der Waals surface area contributed by atoms with Gasteiger partial charge in [-0.1, -0.05) is 31.5 Å². The molecule has 4 rings (SSSR count). The topological polar surface area (TPSA) is 93.4 Å². The third kappa shape index (κ3) is 6.08. The molecule has 0 unspecified atom stereocenters. The lowest BCUT2D eigenvalue weighted by molar-refractivity contribution is -0.133. The van der Waals surface area contributed by atoms with Gasteiger partial charge in [0.15, 0.2) is 0 Å². The highest BCUT2D eigenvalue weighted by atomic mass is 32.1. The predicted octanol–water partition coefficient (Wildman–Crippen LogP) is 3.68. The molecule has 186 valence electrons. The van der Waals surface area contributed by atoms with E-state index in [-0.39, 0.29) is 30.5 Å². The monoisotopic (exact) mass is 496 g/mol. The lowest BCUT2D eigenvalue weighted by atomic mass is 9.99. The van der Waals surface area contributed by atoms with Crippen LogP contribution < -0.4 is 16.6 Å². The standard InChI is InChI=1S/C26H32N4O4S/c1-19-11-15-28(16-12-19)23(32)18-30-21-13-17-35-24(21)25(33)29(26(30)34)14-7-3-6-10-22(31)27-20-8-4-2-5-9-20/h2,4-5,8-9,13,17,19H,3,6-7,10-12,14-16,18H2,1H3,(H,27,31). The number of thiophene rings is 1. The van der Waals surface area contributed by atoms with E-state index in [0.717, 1.165) is 18.5 Å². The summed E-state index contributed by atoms with van der Waals surface area (Å²) in [6.07, 6.45) is 4.29. The van der Waals surface area contributed by atoms with Crippen LogP contribution in [0.2, 0.25) is 0 Å². The van der Waals surface area contributed by atoms with Gasteiger partial charge in [-0.3, -0.25) is 23.5 Å². The summed E-state index contributed by atoms with van der Waals surface area (Å²) in [5.74, 6) is 0.471. The van der Waals surface area contributed by atoms with Crippen molar-refractivity contribution in [1.29, 1.82) is 0 Å². The minimum absolute atomic E-state index is 0.0543. The summed E-state index contributed by atoms with van der Waals surface area (Å²) in [4.78, 5) is 53.1. The number of para-hydroxylation sites is 1. The van der Waals surface area contributed by atoms with E-state index in [4.69, 9.17) is 0 Å². The van der Waals surface area contributed by atoms with Gasteiger partial charge in [-0.25, -0.2) is 4.79 Å². The molecule has 3 aromatic rings. The molecule has 0 aliphatic carbocycles. The van der Waals surface area contributed by atoms with Gasteiger partial charge in [0, 0.05) is 31.7 Å². The molecule has 0 saturated carbocycles. The zero-order valence-corrected chi connectivity index (χ0v) is 20.9. The number of nitrogens with zero attached hydrogens (tertiary/aromatic N) is 3. The first-order valence-corrected chi connectivity index (χ1v) is 13.2. The minimum atomic E-state index is -0.443. The number of nitrogens with one attached hydrogen (secondary N) is 1. The van der Waals surface area contributed by atoms with Gasteiger partial charge in [0.25, 0.3) is 5.56 Å². The summed E-state index contributed by atoms with van der Waals surface area (Å²) in [7, 11) is 0. The average molecular weight is 497 g/mol. The highest BCUT2D eigenvalue weighted by Gasteiger charge is 2.23. The van der Waals surface area contributed by atoms with Crippen LogP contribution in [-0.4, -0.2) is 38.9 Å². The van der Waals surface area contributed by atoms with Gasteiger partial charge in [0.05, 0.1) is 5.52 Å². The summed E-state index contributed by atoms with van der Waals surface area (Å²) < 4.78 is 3.18. The van der Waals surface area contributed by atoms with Crippen LogP contribution in [-0.2, 0) is 22.7 Å². The van der Waals surface area contributed by atoms with Crippen LogP contribution >= 0.6 is 11.3 Å². The van der Waals surface area contributed by atoms with Crippen molar-refractivity contribution in [2.45, 2.75) is 58.5 Å². The number of hydrogen-bond donors (Lipinski definition) is 1. The van der Waals surface area contributed by atoms with Crippen LogP contribution in [0.1, 0.15) is 45.4 Å². The lowest BCUT2D eigenvalue weighted by Crippen LogP contribution is -2.44. The van der Waals surface area contributed by atoms with E-state index in [9.17, 15) is 19.2 Å². The average Bonchev–Trinajstić information content (AvgIpc) is 3.34. The smallest absolute Gasteiger partial charge is 0.332 e. The second-order valence-corrected chi connectivity index (χ2v) is 10.2. The molecule has 2 amide bonds. The number of carbonyl (C=O) groups excluding carboxylic acids is 2. The number of benzene rings is 1. The zero-order valence-electron chi connectivity index (χ0n) is 20.1. The van der Waals surface area contributed by atoms with Crippen molar-refractivity contribution in [2.24, 2.45) is 5.92 Å². The molecule has 2 aromatic heterocycles. The van der Waals surface area contributed by atoms with Crippen LogP contribution in [0, 0.1) is 5.92 Å². The Bertz CT molecular complexity index is 1290. The highest BCUT2D eigenvalue weighted by Crippen LogP contribution is 2.18. The Labute approximate surface area is 208 Å². The molecule has 3 heterocycles. The van der Waals surface area contributed by atoms with Gasteiger partial charge in [-0.2, -0.15) is 0 Å². The van der Waals surface area contributed by atoms with E-state index in [1.54, 1.807) is 11.4 Å². The number of piperidine rings is 1. The van der Waals surface area contributed by atoms with Crippen molar-refractivity contribution < 1.29 is 9.59 Å². The van der Waals surface area contributed by atoms with Crippen molar-refractivity contribution in [3.8, 4) is 0 Å². The summed E-state index contributed by atoms with van der Waals surface area (Å²) in [6.45, 7) is 3.81. The van der Waals surface area contributed by atoms with Crippen LogP contribution in [0.3, 0.4) is 0 Å². The highest BCUT2D eigenvalue weighted by molar-refractivity contribution is 7.17. The number of aromatic nitrogens is 2. The van der Waals surface area contributed by atoms with E-state index >= 15 is 0 Å². The van der Waals surface area contributed by atoms with E-state index < -0.39 is 5.69 Å². The first kappa shape index (κ1) is 24.9. The molecule has 0 atom stereocenters. The van der Waals surface area contributed by atoms with Gasteiger partial charge >= 0.3 is 5.69 Å². The fourth-order valence-corrected chi connectivity index (χ4v) is 5.30. The molecule has 9 heteroatoms. The van der Waals surface area contributed by atoms with Gasteiger partial charge in [0.1, 0.15) is 11.2 Å². The molecule has 0 radical (unpaired) electrons. The maximum absolute atomic E-state index is 13.2. The molecule has 1 fully saturated rings. The van der Waals surface area contributed by atoms with Gasteiger partial charge < -0.3 is 10.2 Å². The van der Waals surface area contributed by atoms with Crippen molar-refractivity contribution >= 4 is 39.1 Å². The van der Waals surface area contributed by atoms with E-state index in [1.807, 2.05) is 35.2 Å². The summed E-state index contributed by atoms with van der Waals surface area (Å²) >= 11 is 1.29. The third-order valence-electron chi connectivity index (χ3n) is 6.61. The normalized spacial score (nSPS) is 14.4. The number of amides is 2. The molecule has 35 heavy (non-hydrogen) atoms. The fraction of sp³-hybridized carbons (Fsp3) is 0.462. The Kier molecular flexibility index (Phi) is 8.17. The zero-order chi connectivity index (χ0) is 24.8. The quantitative estimate of drug-likeness (QED) is 0.457. The van der Waals surface area contributed by atoms with E-state index in [2.05, 4.69) is 12.2 Å². The van der Waals surface area contributed by atoms with E-state index in [1.165, 1.54) is 20.5 Å². The van der Waals surface area contributed by atoms with Crippen molar-refractivity contribution in [3.63, 3.8) is 0 Å². The Morgan fingerprint density at radius 2 is 1.74 bits per heavy atom. The van der Waals surface area contributed by atoms with Crippen LogP contribution in [0.4, 0.5) is 5.69 Å². The predicted molar refractivity (Wildman–Crippen MR) is 139 cm³/mol. The number of likely N-dealkylation sites (tertiary alicyclic amines) is 1. The lowest BCUT2D eigenvalue weighted by Gasteiger charge is -2.30. The summed E-state index contributed by atoms with van der Waals surface area (Å²) in [5, 5.41) is 4.64. The third-order valence-corrected chi connectivity index (χ3v) is 7.50. The van der Waals surface area contributed by atoms with Crippen LogP contribution in [0.5, 0.6) is 0 Å². The Balaban J connectivity index is 1.38. The maximum Gasteiger partial charge on any atom is 0.332 e. The first-order chi connectivity index (χ1) is 16.9. The second kappa shape index (κ2) is 11.5. The molecular weight excluding hydrogens is 464 g/mol. The number of hydrogen-bond acceptors (Lipinski definition) is 5. The second-order valence-electron chi connectivity index (χ2n) is 9.25. The molecule has 1 aliphatic heterocycles. The number of anilines is 1. The summed E-state index contributed by atoms with van der Waals surface area (Å²) in [5.41, 5.74) is 0.541. The first-order valence-electron chi connectivity index (χ1n) is 12.3. The van der Waals surface area contributed by atoms with Crippen molar-refractivity contribution in [1.82, 2.24) is 14.0 Å². The van der Waals surface area contributed by atoms with Crippen LogP contribution in [0.15, 0.2) is 51.4 Å². The molecule has 0 spiro atoms. The van der Waals surface area contributed by atoms with Crippen LogP contribution in [0.25, 0.3) is 10.2 Å². The Morgan fingerprint density at radius 1 is 1.00 bits per heavy atom. The molecule has 1 aromatic carbocycles. The Hall–Kier alpha value is -3.20. The van der Waals surface area contributed by atoms with Crippen molar-refractivity contribution in [2.75, 3.05) is 18.4 Å². The van der Waals surface area contributed by atoms with Gasteiger partial charge in [-0.15, -0.1) is 11.3 Å². The molecule has 1 saturated heterocycles. The molecule has 1 N–H and O–H groups in total. The molecular formula is C26H32N4O4S. The number of unbranched alkanes of at least 4 members (excludes halogenated alkanes) is 2. The molecule has 0 bridgehead atoms. The van der Waals surface area contributed by atoms with Gasteiger partial charge in [-0.05, 0) is 55.2 Å².